The Morgan fingerprint density at radius 2 is 2.00 bits per heavy atom. The first-order valence-corrected chi connectivity index (χ1v) is 7.44. The summed E-state index contributed by atoms with van der Waals surface area (Å²) in [6.07, 6.45) is 0. The molecular weight excluding hydrogens is 318 g/mol. The Balaban J connectivity index is 2.26. The van der Waals surface area contributed by atoms with E-state index in [0.717, 1.165) is 39.3 Å². The minimum Gasteiger partial charge on any atom is -0.485 e. The van der Waals surface area contributed by atoms with E-state index in [9.17, 15) is 0 Å². The monoisotopic (exact) mass is 337 g/mol. The highest BCUT2D eigenvalue weighted by molar-refractivity contribution is 9.10. The van der Waals surface area contributed by atoms with Crippen molar-refractivity contribution in [1.29, 1.82) is 0 Å². The highest BCUT2D eigenvalue weighted by Gasteiger charge is 2.14. The molecule has 0 fully saturated rings. The van der Waals surface area contributed by atoms with Crippen LogP contribution >= 0.6 is 15.9 Å². The fourth-order valence-corrected chi connectivity index (χ4v) is 2.73. The van der Waals surface area contributed by atoms with E-state index in [-0.39, 0.29) is 0 Å². The maximum atomic E-state index is 6.04. The van der Waals surface area contributed by atoms with Gasteiger partial charge in [0.05, 0.1) is 21.5 Å². The molecule has 0 saturated carbocycles. The molecule has 0 aliphatic rings. The Labute approximate surface area is 128 Å². The Morgan fingerprint density at radius 1 is 1.30 bits per heavy atom. The molecule has 1 aromatic carbocycles. The van der Waals surface area contributed by atoms with Crippen molar-refractivity contribution in [3.8, 4) is 5.75 Å². The number of anilines is 1. The summed E-state index contributed by atoms with van der Waals surface area (Å²) in [7, 11) is 0. The van der Waals surface area contributed by atoms with Crippen molar-refractivity contribution in [2.75, 3.05) is 5.73 Å². The number of hydrogen-bond acceptors (Lipinski definition) is 3. The maximum Gasteiger partial charge on any atom is 0.145 e. The Bertz CT molecular complexity index is 611. The molecule has 2 N–H and O–H groups in total. The van der Waals surface area contributed by atoms with E-state index in [1.165, 1.54) is 0 Å². The minimum atomic E-state index is 0.448. The fourth-order valence-electron chi connectivity index (χ4n) is 2.33. The number of hydrogen-bond donors (Lipinski definition) is 1. The number of nitrogens with zero attached hydrogens (tertiary/aromatic N) is 2. The van der Waals surface area contributed by atoms with Crippen LogP contribution in [0.4, 0.5) is 5.69 Å². The van der Waals surface area contributed by atoms with Gasteiger partial charge in [-0.05, 0) is 60.8 Å². The van der Waals surface area contributed by atoms with E-state index in [2.05, 4.69) is 34.0 Å². The highest BCUT2D eigenvalue weighted by Crippen LogP contribution is 2.29. The summed E-state index contributed by atoms with van der Waals surface area (Å²) in [6.45, 7) is 9.34. The van der Waals surface area contributed by atoms with Crippen molar-refractivity contribution in [2.45, 2.75) is 40.8 Å². The predicted octanol–water partition coefficient (Wildman–Crippen LogP) is 3.75. The lowest BCUT2D eigenvalue weighted by atomic mass is 10.1. The van der Waals surface area contributed by atoms with Gasteiger partial charge in [-0.15, -0.1) is 0 Å². The van der Waals surface area contributed by atoms with Gasteiger partial charge in [0.2, 0.25) is 0 Å². The van der Waals surface area contributed by atoms with Gasteiger partial charge in [-0.3, -0.25) is 4.68 Å². The molecule has 0 radical (unpaired) electrons. The van der Waals surface area contributed by atoms with Crippen LogP contribution in [-0.4, -0.2) is 9.78 Å². The molecule has 0 atom stereocenters. The molecular formula is C15H20BrN3O. The summed E-state index contributed by atoms with van der Waals surface area (Å²) in [4.78, 5) is 0. The van der Waals surface area contributed by atoms with Gasteiger partial charge in [-0.25, -0.2) is 0 Å². The number of ether oxygens (including phenoxy) is 1. The normalized spacial score (nSPS) is 10.8. The molecule has 0 amide bonds. The molecule has 4 nitrogen and oxygen atoms in total. The van der Waals surface area contributed by atoms with Crippen molar-refractivity contribution >= 4 is 21.6 Å². The molecule has 0 saturated heterocycles. The molecule has 2 aromatic rings. The zero-order chi connectivity index (χ0) is 14.9. The number of aromatic nitrogens is 2. The van der Waals surface area contributed by atoms with Gasteiger partial charge in [0.1, 0.15) is 12.4 Å². The molecule has 0 aliphatic carbocycles. The fraction of sp³-hybridized carbons (Fsp3) is 0.400. The smallest absolute Gasteiger partial charge is 0.145 e. The standard InChI is InChI=1S/C15H20BrN3O/c1-5-19-13(14(16)11(4)18-19)8-20-15-10(3)6-9(2)7-12(15)17/h6-7H,5,8,17H2,1-4H3. The third kappa shape index (κ3) is 2.82. The first kappa shape index (κ1) is 14.9. The van der Waals surface area contributed by atoms with E-state index >= 15 is 0 Å². The molecule has 20 heavy (non-hydrogen) atoms. The van der Waals surface area contributed by atoms with Crippen LogP contribution in [0.3, 0.4) is 0 Å². The average Bonchev–Trinajstić information content (AvgIpc) is 2.64. The van der Waals surface area contributed by atoms with Gasteiger partial charge in [0, 0.05) is 6.54 Å². The third-order valence-corrected chi connectivity index (χ3v) is 4.29. The SMILES string of the molecule is CCn1nc(C)c(Br)c1COc1c(C)cc(C)cc1N. The van der Waals surface area contributed by atoms with Crippen molar-refractivity contribution in [1.82, 2.24) is 9.78 Å². The predicted molar refractivity (Wildman–Crippen MR) is 85.0 cm³/mol. The molecule has 5 heteroatoms. The first-order valence-electron chi connectivity index (χ1n) is 6.65. The van der Waals surface area contributed by atoms with Crippen LogP contribution in [0.25, 0.3) is 0 Å². The summed E-state index contributed by atoms with van der Waals surface area (Å²) in [5, 5.41) is 4.46. The second-order valence-electron chi connectivity index (χ2n) is 4.95. The lowest BCUT2D eigenvalue weighted by Crippen LogP contribution is -2.08. The Kier molecular flexibility index (Phi) is 4.38. The third-order valence-electron chi connectivity index (χ3n) is 3.25. The van der Waals surface area contributed by atoms with Crippen LogP contribution in [0, 0.1) is 20.8 Å². The van der Waals surface area contributed by atoms with Gasteiger partial charge in [-0.2, -0.15) is 5.10 Å². The second kappa shape index (κ2) is 5.87. The van der Waals surface area contributed by atoms with E-state index in [0.29, 0.717) is 12.3 Å². The Hall–Kier alpha value is -1.49. The summed E-state index contributed by atoms with van der Waals surface area (Å²) in [5.41, 5.74) is 10.9. The van der Waals surface area contributed by atoms with Gasteiger partial charge in [-0.1, -0.05) is 6.07 Å². The molecule has 1 aromatic heterocycles. The number of aryl methyl sites for hydroxylation is 4. The van der Waals surface area contributed by atoms with Gasteiger partial charge in [0.25, 0.3) is 0 Å². The average molecular weight is 338 g/mol. The van der Waals surface area contributed by atoms with Crippen LogP contribution in [-0.2, 0) is 13.2 Å². The van der Waals surface area contributed by atoms with Crippen molar-refractivity contribution < 1.29 is 4.74 Å². The van der Waals surface area contributed by atoms with Crippen LogP contribution in [0.5, 0.6) is 5.75 Å². The largest absolute Gasteiger partial charge is 0.485 e. The minimum absolute atomic E-state index is 0.448. The van der Waals surface area contributed by atoms with Gasteiger partial charge >= 0.3 is 0 Å². The molecule has 0 unspecified atom stereocenters. The summed E-state index contributed by atoms with van der Waals surface area (Å²) in [5.74, 6) is 0.754. The number of nitrogen functional groups attached to an aromatic ring is 1. The number of benzene rings is 1. The van der Waals surface area contributed by atoms with Crippen LogP contribution in [0.15, 0.2) is 16.6 Å². The van der Waals surface area contributed by atoms with Crippen LogP contribution in [0.1, 0.15) is 29.4 Å². The Morgan fingerprint density at radius 3 is 2.60 bits per heavy atom. The zero-order valence-electron chi connectivity index (χ0n) is 12.3. The number of nitrogens with two attached hydrogens (primary N) is 1. The van der Waals surface area contributed by atoms with Gasteiger partial charge < -0.3 is 10.5 Å². The van der Waals surface area contributed by atoms with E-state index in [1.54, 1.807) is 0 Å². The van der Waals surface area contributed by atoms with Crippen molar-refractivity contribution in [3.05, 3.63) is 39.1 Å². The van der Waals surface area contributed by atoms with E-state index in [4.69, 9.17) is 10.5 Å². The van der Waals surface area contributed by atoms with Crippen molar-refractivity contribution in [3.63, 3.8) is 0 Å². The van der Waals surface area contributed by atoms with Crippen molar-refractivity contribution in [2.24, 2.45) is 0 Å². The van der Waals surface area contributed by atoms with Crippen LogP contribution in [0.2, 0.25) is 0 Å². The summed E-state index contributed by atoms with van der Waals surface area (Å²) < 4.78 is 8.88. The molecule has 108 valence electrons. The molecule has 2 rings (SSSR count). The summed E-state index contributed by atoms with van der Waals surface area (Å²) >= 11 is 3.57. The number of rotatable bonds is 4. The molecule has 1 heterocycles. The molecule has 0 spiro atoms. The summed E-state index contributed by atoms with van der Waals surface area (Å²) in [6, 6.07) is 4.00. The topological polar surface area (TPSA) is 53.1 Å². The van der Waals surface area contributed by atoms with E-state index in [1.807, 2.05) is 31.5 Å². The lowest BCUT2D eigenvalue weighted by molar-refractivity contribution is 0.291. The maximum absolute atomic E-state index is 6.04. The van der Waals surface area contributed by atoms with E-state index < -0.39 is 0 Å². The second-order valence-corrected chi connectivity index (χ2v) is 5.74. The van der Waals surface area contributed by atoms with Crippen LogP contribution < -0.4 is 10.5 Å². The zero-order valence-corrected chi connectivity index (χ0v) is 13.9. The first-order chi connectivity index (χ1) is 9.43. The number of halogens is 1. The molecule has 0 bridgehead atoms. The van der Waals surface area contributed by atoms with Gasteiger partial charge in [0.15, 0.2) is 0 Å². The lowest BCUT2D eigenvalue weighted by Gasteiger charge is -2.13. The quantitative estimate of drug-likeness (QED) is 0.864. The highest BCUT2D eigenvalue weighted by atomic mass is 79.9. The molecule has 0 aliphatic heterocycles.